The standard InChI is InChI=1S/C8H11IN2O2/c1-7-10-13-8(12)11(7)6-4-2-3-5-9/h2,4H,3,5-6H2,1H3. The average Bonchev–Trinajstić information content (AvgIpc) is 2.42. The second-order valence-electron chi connectivity index (χ2n) is 2.56. The molecule has 0 atom stereocenters. The van der Waals surface area contributed by atoms with E-state index in [-0.39, 0.29) is 0 Å². The van der Waals surface area contributed by atoms with Gasteiger partial charge >= 0.3 is 5.76 Å². The number of hydrogen-bond donors (Lipinski definition) is 0. The third kappa shape index (κ3) is 2.98. The van der Waals surface area contributed by atoms with E-state index in [1.165, 1.54) is 4.57 Å². The van der Waals surface area contributed by atoms with E-state index in [2.05, 4.69) is 32.3 Å². The predicted octanol–water partition coefficient (Wildman–Crippen LogP) is 1.53. The predicted molar refractivity (Wildman–Crippen MR) is 58.1 cm³/mol. The molecule has 0 saturated carbocycles. The molecule has 0 saturated heterocycles. The summed E-state index contributed by atoms with van der Waals surface area (Å²) >= 11 is 2.30. The van der Waals surface area contributed by atoms with Crippen molar-refractivity contribution < 1.29 is 4.52 Å². The van der Waals surface area contributed by atoms with Crippen LogP contribution in [0.5, 0.6) is 0 Å². The summed E-state index contributed by atoms with van der Waals surface area (Å²) in [5.74, 6) is 0.223. The molecule has 0 unspecified atom stereocenters. The molecule has 0 aliphatic heterocycles. The van der Waals surface area contributed by atoms with Crippen LogP contribution in [0, 0.1) is 6.92 Å². The van der Waals surface area contributed by atoms with Crippen molar-refractivity contribution in [2.45, 2.75) is 19.9 Å². The molecule has 0 amide bonds. The van der Waals surface area contributed by atoms with Crippen LogP contribution < -0.4 is 5.76 Å². The fourth-order valence-electron chi connectivity index (χ4n) is 0.903. The fraction of sp³-hybridized carbons (Fsp3) is 0.500. The smallest absolute Gasteiger partial charge is 0.296 e. The molecule has 1 aromatic rings. The van der Waals surface area contributed by atoms with Crippen LogP contribution in [0.2, 0.25) is 0 Å². The highest BCUT2D eigenvalue weighted by atomic mass is 127. The van der Waals surface area contributed by atoms with E-state index in [9.17, 15) is 4.79 Å². The zero-order valence-corrected chi connectivity index (χ0v) is 9.52. The minimum absolute atomic E-state index is 0.392. The van der Waals surface area contributed by atoms with Gasteiger partial charge in [0.05, 0.1) is 0 Å². The lowest BCUT2D eigenvalue weighted by Crippen LogP contribution is -2.14. The summed E-state index contributed by atoms with van der Waals surface area (Å²) in [6.07, 6.45) is 5.02. The van der Waals surface area contributed by atoms with E-state index >= 15 is 0 Å². The Bertz CT molecular complexity index is 340. The monoisotopic (exact) mass is 294 g/mol. The van der Waals surface area contributed by atoms with Crippen LogP contribution in [-0.2, 0) is 6.54 Å². The molecule has 0 aliphatic carbocycles. The molecule has 5 heteroatoms. The molecule has 1 rings (SSSR count). The van der Waals surface area contributed by atoms with E-state index in [0.717, 1.165) is 10.8 Å². The normalized spacial score (nSPS) is 11.2. The number of alkyl halides is 1. The maximum Gasteiger partial charge on any atom is 0.441 e. The van der Waals surface area contributed by atoms with E-state index < -0.39 is 5.76 Å². The summed E-state index contributed by atoms with van der Waals surface area (Å²) in [5.41, 5.74) is 0. The van der Waals surface area contributed by atoms with Gasteiger partial charge in [0.25, 0.3) is 0 Å². The lowest BCUT2D eigenvalue weighted by molar-refractivity contribution is 0.376. The topological polar surface area (TPSA) is 48.0 Å². The summed E-state index contributed by atoms with van der Waals surface area (Å²) in [6.45, 7) is 2.29. The van der Waals surface area contributed by atoms with Gasteiger partial charge in [0.2, 0.25) is 0 Å². The Morgan fingerprint density at radius 3 is 2.92 bits per heavy atom. The zero-order chi connectivity index (χ0) is 9.68. The first-order chi connectivity index (χ1) is 6.25. The fourth-order valence-corrected chi connectivity index (χ4v) is 1.26. The van der Waals surface area contributed by atoms with Crippen molar-refractivity contribution in [1.82, 2.24) is 9.72 Å². The highest BCUT2D eigenvalue weighted by Gasteiger charge is 2.02. The molecular formula is C8H11IN2O2. The Morgan fingerprint density at radius 2 is 2.38 bits per heavy atom. The van der Waals surface area contributed by atoms with Crippen LogP contribution in [0.15, 0.2) is 21.5 Å². The molecule has 0 spiro atoms. The molecule has 72 valence electrons. The first kappa shape index (κ1) is 10.5. The molecule has 0 aromatic carbocycles. The average molecular weight is 294 g/mol. The number of rotatable bonds is 4. The number of halogens is 1. The van der Waals surface area contributed by atoms with Gasteiger partial charge in [-0.2, -0.15) is 0 Å². The van der Waals surface area contributed by atoms with Gasteiger partial charge in [-0.3, -0.25) is 9.09 Å². The van der Waals surface area contributed by atoms with Gasteiger partial charge in [0.15, 0.2) is 5.82 Å². The van der Waals surface area contributed by atoms with Crippen molar-refractivity contribution >= 4 is 22.6 Å². The Hall–Kier alpha value is -0.590. The number of hydrogen-bond acceptors (Lipinski definition) is 3. The minimum Gasteiger partial charge on any atom is -0.296 e. The molecule has 13 heavy (non-hydrogen) atoms. The molecule has 0 radical (unpaired) electrons. The van der Waals surface area contributed by atoms with E-state index in [1.807, 2.05) is 12.2 Å². The van der Waals surface area contributed by atoms with Crippen molar-refractivity contribution in [1.29, 1.82) is 0 Å². The number of allylic oxidation sites excluding steroid dienone is 2. The molecule has 1 heterocycles. The van der Waals surface area contributed by atoms with Crippen LogP contribution in [0.4, 0.5) is 0 Å². The lowest BCUT2D eigenvalue weighted by Gasteiger charge is -1.93. The van der Waals surface area contributed by atoms with Crippen LogP contribution in [-0.4, -0.2) is 14.2 Å². The SMILES string of the molecule is Cc1noc(=O)n1CC=CCCI. The van der Waals surface area contributed by atoms with Gasteiger partial charge in [-0.1, -0.05) is 39.9 Å². The van der Waals surface area contributed by atoms with Gasteiger partial charge in [-0.05, 0) is 13.3 Å². The molecule has 0 aliphatic rings. The van der Waals surface area contributed by atoms with Crippen molar-refractivity contribution in [3.63, 3.8) is 0 Å². The number of aromatic nitrogens is 2. The van der Waals surface area contributed by atoms with Gasteiger partial charge in [0.1, 0.15) is 0 Å². The first-order valence-corrected chi connectivity index (χ1v) is 5.52. The summed E-state index contributed by atoms with van der Waals surface area (Å²) in [6, 6.07) is 0. The van der Waals surface area contributed by atoms with E-state index in [0.29, 0.717) is 12.4 Å². The van der Waals surface area contributed by atoms with Gasteiger partial charge in [0, 0.05) is 11.0 Å². The second kappa shape index (κ2) is 5.21. The summed E-state index contributed by atoms with van der Waals surface area (Å²) in [4.78, 5) is 11.0. The van der Waals surface area contributed by atoms with Crippen LogP contribution >= 0.6 is 22.6 Å². The van der Waals surface area contributed by atoms with E-state index in [4.69, 9.17) is 0 Å². The van der Waals surface area contributed by atoms with Gasteiger partial charge in [-0.25, -0.2) is 4.79 Å². The maximum atomic E-state index is 11.0. The largest absolute Gasteiger partial charge is 0.441 e. The lowest BCUT2D eigenvalue weighted by atomic mass is 10.4. The molecule has 0 N–H and O–H groups in total. The Morgan fingerprint density at radius 1 is 1.62 bits per heavy atom. The van der Waals surface area contributed by atoms with Crippen LogP contribution in [0.3, 0.4) is 0 Å². The van der Waals surface area contributed by atoms with Gasteiger partial charge in [-0.15, -0.1) is 0 Å². The van der Waals surface area contributed by atoms with E-state index in [1.54, 1.807) is 6.92 Å². The summed E-state index contributed by atoms with van der Waals surface area (Å²) in [7, 11) is 0. The molecule has 4 nitrogen and oxygen atoms in total. The molecule has 0 fully saturated rings. The molecule has 0 bridgehead atoms. The molecule has 1 aromatic heterocycles. The minimum atomic E-state index is -0.392. The quantitative estimate of drug-likeness (QED) is 0.480. The second-order valence-corrected chi connectivity index (χ2v) is 3.63. The summed E-state index contributed by atoms with van der Waals surface area (Å²) in [5, 5.41) is 3.56. The Kier molecular flexibility index (Phi) is 4.20. The Balaban J connectivity index is 2.59. The number of aryl methyl sites for hydroxylation is 1. The van der Waals surface area contributed by atoms with Crippen molar-refractivity contribution in [2.75, 3.05) is 4.43 Å². The van der Waals surface area contributed by atoms with Crippen LogP contribution in [0.25, 0.3) is 0 Å². The molecular weight excluding hydrogens is 283 g/mol. The third-order valence-corrected chi connectivity index (χ3v) is 2.22. The highest BCUT2D eigenvalue weighted by Crippen LogP contribution is 1.93. The number of nitrogens with zero attached hydrogens (tertiary/aromatic N) is 2. The third-order valence-electron chi connectivity index (χ3n) is 1.60. The van der Waals surface area contributed by atoms with Crippen LogP contribution in [0.1, 0.15) is 12.2 Å². The maximum absolute atomic E-state index is 11.0. The zero-order valence-electron chi connectivity index (χ0n) is 7.36. The summed E-state index contributed by atoms with van der Waals surface area (Å²) < 4.78 is 7.05. The Labute approximate surface area is 89.7 Å². The van der Waals surface area contributed by atoms with Gasteiger partial charge < -0.3 is 0 Å². The van der Waals surface area contributed by atoms with Crippen molar-refractivity contribution in [3.8, 4) is 0 Å². The first-order valence-electron chi connectivity index (χ1n) is 3.99. The van der Waals surface area contributed by atoms with Crippen molar-refractivity contribution in [2.24, 2.45) is 0 Å². The van der Waals surface area contributed by atoms with Crippen molar-refractivity contribution in [3.05, 3.63) is 28.5 Å². The highest BCUT2D eigenvalue weighted by molar-refractivity contribution is 14.1.